The van der Waals surface area contributed by atoms with E-state index < -0.39 is 16.9 Å². The second-order valence-electron chi connectivity index (χ2n) is 6.36. The second kappa shape index (κ2) is 10.4. The Hall–Kier alpha value is -2.22. The van der Waals surface area contributed by atoms with Crippen molar-refractivity contribution in [2.75, 3.05) is 25.9 Å². The molecule has 0 aliphatic rings. The van der Waals surface area contributed by atoms with Crippen LogP contribution in [0.4, 0.5) is 0 Å². The van der Waals surface area contributed by atoms with Crippen molar-refractivity contribution in [1.29, 1.82) is 0 Å². The van der Waals surface area contributed by atoms with E-state index in [1.807, 2.05) is 54.6 Å². The number of thiophene rings is 1. The summed E-state index contributed by atoms with van der Waals surface area (Å²) in [6.45, 7) is 0.914. The first kappa shape index (κ1) is 20.5. The number of nitrogens with one attached hydrogen (secondary N) is 2. The van der Waals surface area contributed by atoms with Crippen molar-refractivity contribution in [2.24, 2.45) is 4.99 Å². The van der Waals surface area contributed by atoms with Gasteiger partial charge in [-0.05, 0) is 23.1 Å². The van der Waals surface area contributed by atoms with Crippen LogP contribution < -0.4 is 10.6 Å². The van der Waals surface area contributed by atoms with Crippen molar-refractivity contribution < 1.29 is 9.32 Å². The van der Waals surface area contributed by atoms with Gasteiger partial charge in [0.25, 0.3) is 0 Å². The first-order chi connectivity index (χ1) is 13.7. The molecule has 2 unspecified atom stereocenters. The average molecular weight is 416 g/mol. The summed E-state index contributed by atoms with van der Waals surface area (Å²) in [6, 6.07) is 20.0. The summed E-state index contributed by atoms with van der Waals surface area (Å²) in [5, 5.41) is 17.9. The van der Waals surface area contributed by atoms with E-state index >= 15 is 0 Å². The van der Waals surface area contributed by atoms with Gasteiger partial charge < -0.3 is 15.7 Å². The normalized spacial score (nSPS) is 14.0. The standard InChI is InChI=1S/C21H25N3O2S2/c1-22-21(23-11-12-28(26)15-16-7-3-2-4-8-16)24-14-18(25)20-13-17-9-5-6-10-19(17)27-20/h2-10,13,18,25H,11-12,14-15H2,1H3,(H2,22,23,24). The van der Waals surface area contributed by atoms with Crippen LogP contribution in [0.2, 0.25) is 0 Å². The largest absolute Gasteiger partial charge is 0.386 e. The van der Waals surface area contributed by atoms with Crippen LogP contribution in [0.1, 0.15) is 16.5 Å². The van der Waals surface area contributed by atoms with Gasteiger partial charge in [0.05, 0.1) is 0 Å². The molecule has 0 aliphatic heterocycles. The highest BCUT2D eigenvalue weighted by Crippen LogP contribution is 2.29. The van der Waals surface area contributed by atoms with Crippen molar-refractivity contribution in [3.63, 3.8) is 0 Å². The van der Waals surface area contributed by atoms with E-state index in [-0.39, 0.29) is 0 Å². The zero-order valence-electron chi connectivity index (χ0n) is 15.8. The molecule has 0 fully saturated rings. The molecule has 148 valence electrons. The number of hydrogen-bond acceptors (Lipinski definition) is 4. The van der Waals surface area contributed by atoms with Gasteiger partial charge in [-0.15, -0.1) is 11.3 Å². The number of aliphatic hydroxyl groups is 1. The molecular weight excluding hydrogens is 390 g/mol. The second-order valence-corrected chi connectivity index (χ2v) is 9.05. The van der Waals surface area contributed by atoms with Crippen molar-refractivity contribution in [3.8, 4) is 0 Å². The summed E-state index contributed by atoms with van der Waals surface area (Å²) in [6.07, 6.45) is -0.608. The summed E-state index contributed by atoms with van der Waals surface area (Å²) in [5.41, 5.74) is 1.08. The average Bonchev–Trinajstić information content (AvgIpc) is 3.15. The summed E-state index contributed by atoms with van der Waals surface area (Å²) in [5.74, 6) is 1.69. The zero-order chi connectivity index (χ0) is 19.8. The third-order valence-electron chi connectivity index (χ3n) is 4.25. The highest BCUT2D eigenvalue weighted by molar-refractivity contribution is 7.84. The Morgan fingerprint density at radius 3 is 2.64 bits per heavy atom. The number of guanidine groups is 1. The molecule has 3 N–H and O–H groups in total. The summed E-state index contributed by atoms with van der Waals surface area (Å²) >= 11 is 1.60. The lowest BCUT2D eigenvalue weighted by Gasteiger charge is -2.14. The molecule has 3 aromatic rings. The van der Waals surface area contributed by atoms with E-state index in [1.165, 1.54) is 4.70 Å². The molecule has 2 aromatic carbocycles. The Labute approximate surface area is 172 Å². The van der Waals surface area contributed by atoms with Gasteiger partial charge in [-0.1, -0.05) is 48.5 Å². The van der Waals surface area contributed by atoms with E-state index in [0.717, 1.165) is 15.8 Å². The lowest BCUT2D eigenvalue weighted by Crippen LogP contribution is -2.40. The monoisotopic (exact) mass is 415 g/mol. The summed E-state index contributed by atoms with van der Waals surface area (Å²) < 4.78 is 13.4. The Morgan fingerprint density at radius 2 is 1.89 bits per heavy atom. The Bertz CT molecular complexity index is 908. The SMILES string of the molecule is CN=C(NCCS(=O)Cc1ccccc1)NCC(O)c1cc2ccccc2s1. The molecule has 0 spiro atoms. The summed E-state index contributed by atoms with van der Waals surface area (Å²) in [4.78, 5) is 5.09. The molecule has 3 rings (SSSR count). The molecule has 7 heteroatoms. The zero-order valence-corrected chi connectivity index (χ0v) is 17.4. The fourth-order valence-electron chi connectivity index (χ4n) is 2.80. The first-order valence-electron chi connectivity index (χ1n) is 9.15. The van der Waals surface area contributed by atoms with E-state index in [0.29, 0.717) is 30.6 Å². The van der Waals surface area contributed by atoms with Crippen molar-refractivity contribution in [2.45, 2.75) is 11.9 Å². The lowest BCUT2D eigenvalue weighted by molar-refractivity contribution is 0.184. The highest BCUT2D eigenvalue weighted by atomic mass is 32.2. The van der Waals surface area contributed by atoms with Crippen LogP contribution in [0.3, 0.4) is 0 Å². The van der Waals surface area contributed by atoms with Crippen LogP contribution in [0, 0.1) is 0 Å². The van der Waals surface area contributed by atoms with Crippen molar-refractivity contribution in [3.05, 3.63) is 71.1 Å². The molecule has 0 amide bonds. The maximum absolute atomic E-state index is 12.2. The Kier molecular flexibility index (Phi) is 7.59. The topological polar surface area (TPSA) is 73.7 Å². The van der Waals surface area contributed by atoms with E-state index in [4.69, 9.17) is 0 Å². The van der Waals surface area contributed by atoms with Crippen LogP contribution in [0.5, 0.6) is 0 Å². The maximum atomic E-state index is 12.2. The van der Waals surface area contributed by atoms with Crippen LogP contribution >= 0.6 is 11.3 Å². The number of rotatable bonds is 8. The minimum Gasteiger partial charge on any atom is -0.386 e. The van der Waals surface area contributed by atoms with Gasteiger partial charge >= 0.3 is 0 Å². The van der Waals surface area contributed by atoms with E-state index in [2.05, 4.69) is 21.7 Å². The molecule has 0 saturated carbocycles. The van der Waals surface area contributed by atoms with E-state index in [9.17, 15) is 9.32 Å². The smallest absolute Gasteiger partial charge is 0.191 e. The third kappa shape index (κ3) is 5.89. The predicted molar refractivity (Wildman–Crippen MR) is 119 cm³/mol. The van der Waals surface area contributed by atoms with Crippen LogP contribution in [-0.4, -0.2) is 41.2 Å². The molecular formula is C21H25N3O2S2. The van der Waals surface area contributed by atoms with Crippen LogP contribution in [0.25, 0.3) is 10.1 Å². The molecule has 5 nitrogen and oxygen atoms in total. The van der Waals surface area contributed by atoms with Crippen molar-refractivity contribution in [1.82, 2.24) is 10.6 Å². The molecule has 0 radical (unpaired) electrons. The number of aliphatic imine (C=N–C) groups is 1. The van der Waals surface area contributed by atoms with Gasteiger partial charge in [0.1, 0.15) is 6.10 Å². The lowest BCUT2D eigenvalue weighted by atomic mass is 10.2. The minimum absolute atomic E-state index is 0.361. The number of hydrogen-bond donors (Lipinski definition) is 3. The number of nitrogens with zero attached hydrogens (tertiary/aromatic N) is 1. The van der Waals surface area contributed by atoms with Crippen LogP contribution in [-0.2, 0) is 16.6 Å². The van der Waals surface area contributed by atoms with Gasteiger partial charge in [-0.2, -0.15) is 0 Å². The number of aliphatic hydroxyl groups excluding tert-OH is 1. The van der Waals surface area contributed by atoms with Crippen molar-refractivity contribution >= 4 is 38.2 Å². The number of fused-ring (bicyclic) bond motifs is 1. The Balaban J connectivity index is 1.42. The highest BCUT2D eigenvalue weighted by Gasteiger charge is 2.12. The fraction of sp³-hybridized carbons (Fsp3) is 0.286. The fourth-order valence-corrected chi connectivity index (χ4v) is 4.89. The molecule has 28 heavy (non-hydrogen) atoms. The van der Waals surface area contributed by atoms with Gasteiger partial charge in [-0.3, -0.25) is 9.20 Å². The predicted octanol–water partition coefficient (Wildman–Crippen LogP) is 3.05. The maximum Gasteiger partial charge on any atom is 0.191 e. The Morgan fingerprint density at radius 1 is 1.14 bits per heavy atom. The quantitative estimate of drug-likeness (QED) is 0.391. The van der Waals surface area contributed by atoms with Crippen LogP contribution in [0.15, 0.2) is 65.7 Å². The molecule has 1 aromatic heterocycles. The molecule has 0 bridgehead atoms. The number of benzene rings is 2. The third-order valence-corrected chi connectivity index (χ3v) is 6.78. The molecule has 0 aliphatic carbocycles. The van der Waals surface area contributed by atoms with E-state index in [1.54, 1.807) is 18.4 Å². The van der Waals surface area contributed by atoms with Gasteiger partial charge in [0, 0.05) is 52.0 Å². The van der Waals surface area contributed by atoms with Gasteiger partial charge in [-0.25, -0.2) is 0 Å². The summed E-state index contributed by atoms with van der Waals surface area (Å²) in [7, 11) is 0.749. The molecule has 0 saturated heterocycles. The molecule has 1 heterocycles. The van der Waals surface area contributed by atoms with Gasteiger partial charge in [0.15, 0.2) is 5.96 Å². The minimum atomic E-state index is -0.934. The molecule has 2 atom stereocenters. The first-order valence-corrected chi connectivity index (χ1v) is 11.5. The van der Waals surface area contributed by atoms with Gasteiger partial charge in [0.2, 0.25) is 0 Å².